The fourth-order valence-corrected chi connectivity index (χ4v) is 1.99. The Kier molecular flexibility index (Phi) is 2.29. The van der Waals surface area contributed by atoms with Crippen molar-refractivity contribution in [3.05, 3.63) is 29.3 Å². The van der Waals surface area contributed by atoms with Gasteiger partial charge in [0.1, 0.15) is 11.4 Å². The summed E-state index contributed by atoms with van der Waals surface area (Å²) < 4.78 is 5.75. The Morgan fingerprint density at radius 2 is 2.20 bits per heavy atom. The standard InChI is InChI=1S/C13H16O2/c1-4-11(14)9-5-6-12-10(7-9)8-13(2,3)15-12/h5-7H,4,8H2,1-3H3. The summed E-state index contributed by atoms with van der Waals surface area (Å²) in [6.07, 6.45) is 1.44. The minimum Gasteiger partial charge on any atom is -0.487 e. The van der Waals surface area contributed by atoms with Crippen LogP contribution in [-0.4, -0.2) is 11.4 Å². The Hall–Kier alpha value is -1.31. The zero-order chi connectivity index (χ0) is 11.1. The first-order valence-corrected chi connectivity index (χ1v) is 5.37. The van der Waals surface area contributed by atoms with E-state index in [-0.39, 0.29) is 11.4 Å². The summed E-state index contributed by atoms with van der Waals surface area (Å²) >= 11 is 0. The van der Waals surface area contributed by atoms with Gasteiger partial charge < -0.3 is 4.74 Å². The van der Waals surface area contributed by atoms with Gasteiger partial charge in [0.2, 0.25) is 0 Å². The number of fused-ring (bicyclic) bond motifs is 1. The SMILES string of the molecule is CCC(=O)c1ccc2c(c1)CC(C)(C)O2. The van der Waals surface area contributed by atoms with Crippen LogP contribution in [-0.2, 0) is 6.42 Å². The molecule has 0 aromatic heterocycles. The van der Waals surface area contributed by atoms with E-state index >= 15 is 0 Å². The highest BCUT2D eigenvalue weighted by Gasteiger charge is 2.30. The average molecular weight is 204 g/mol. The molecule has 0 N–H and O–H groups in total. The van der Waals surface area contributed by atoms with Crippen molar-refractivity contribution in [1.82, 2.24) is 0 Å². The molecule has 1 aliphatic heterocycles. The highest BCUT2D eigenvalue weighted by molar-refractivity contribution is 5.96. The van der Waals surface area contributed by atoms with Crippen LogP contribution >= 0.6 is 0 Å². The molecule has 1 aliphatic rings. The van der Waals surface area contributed by atoms with Gasteiger partial charge in [-0.15, -0.1) is 0 Å². The summed E-state index contributed by atoms with van der Waals surface area (Å²) in [7, 11) is 0. The molecular formula is C13H16O2. The molecule has 1 aromatic rings. The highest BCUT2D eigenvalue weighted by atomic mass is 16.5. The third kappa shape index (κ3) is 1.89. The second-order valence-electron chi connectivity index (χ2n) is 4.64. The fraction of sp³-hybridized carbons (Fsp3) is 0.462. The summed E-state index contributed by atoms with van der Waals surface area (Å²) in [6.45, 7) is 6.01. The maximum atomic E-state index is 11.5. The van der Waals surface area contributed by atoms with Crippen LogP contribution in [0, 0.1) is 0 Å². The fourth-order valence-electron chi connectivity index (χ4n) is 1.99. The van der Waals surface area contributed by atoms with Crippen molar-refractivity contribution in [2.75, 3.05) is 0 Å². The molecule has 0 saturated heterocycles. The molecule has 80 valence electrons. The van der Waals surface area contributed by atoms with E-state index in [4.69, 9.17) is 4.74 Å². The molecule has 0 atom stereocenters. The third-order valence-corrected chi connectivity index (χ3v) is 2.71. The Morgan fingerprint density at radius 1 is 1.47 bits per heavy atom. The summed E-state index contributed by atoms with van der Waals surface area (Å²) in [4.78, 5) is 11.5. The van der Waals surface area contributed by atoms with Gasteiger partial charge in [0.15, 0.2) is 5.78 Å². The van der Waals surface area contributed by atoms with Gasteiger partial charge in [-0.25, -0.2) is 0 Å². The highest BCUT2D eigenvalue weighted by Crippen LogP contribution is 2.35. The summed E-state index contributed by atoms with van der Waals surface area (Å²) in [5.74, 6) is 1.12. The number of carbonyl (C=O) groups excluding carboxylic acids is 1. The smallest absolute Gasteiger partial charge is 0.162 e. The van der Waals surface area contributed by atoms with E-state index in [1.165, 1.54) is 0 Å². The second kappa shape index (κ2) is 3.37. The lowest BCUT2D eigenvalue weighted by Gasteiger charge is -2.16. The van der Waals surface area contributed by atoms with Crippen molar-refractivity contribution in [2.24, 2.45) is 0 Å². The molecule has 1 heterocycles. The minimum absolute atomic E-state index is 0.129. The molecule has 2 heteroatoms. The first-order valence-electron chi connectivity index (χ1n) is 5.37. The summed E-state index contributed by atoms with van der Waals surface area (Å²) in [6, 6.07) is 5.73. The van der Waals surface area contributed by atoms with E-state index in [0.29, 0.717) is 6.42 Å². The number of hydrogen-bond acceptors (Lipinski definition) is 2. The van der Waals surface area contributed by atoms with Crippen LogP contribution < -0.4 is 4.74 Å². The van der Waals surface area contributed by atoms with E-state index in [2.05, 4.69) is 13.8 Å². The maximum Gasteiger partial charge on any atom is 0.162 e. The molecule has 0 bridgehead atoms. The van der Waals surface area contributed by atoms with Gasteiger partial charge in [-0.2, -0.15) is 0 Å². The van der Waals surface area contributed by atoms with Gasteiger partial charge in [-0.1, -0.05) is 6.92 Å². The first-order chi connectivity index (χ1) is 7.02. The largest absolute Gasteiger partial charge is 0.487 e. The topological polar surface area (TPSA) is 26.3 Å². The normalized spacial score (nSPS) is 17.0. The van der Waals surface area contributed by atoms with Crippen LogP contribution in [0.15, 0.2) is 18.2 Å². The van der Waals surface area contributed by atoms with E-state index in [1.54, 1.807) is 0 Å². The van der Waals surface area contributed by atoms with Crippen LogP contribution in [0.4, 0.5) is 0 Å². The van der Waals surface area contributed by atoms with Crippen molar-refractivity contribution in [1.29, 1.82) is 0 Å². The Morgan fingerprint density at radius 3 is 2.87 bits per heavy atom. The van der Waals surface area contributed by atoms with E-state index in [1.807, 2.05) is 25.1 Å². The quantitative estimate of drug-likeness (QED) is 0.692. The predicted octanol–water partition coefficient (Wildman–Crippen LogP) is 2.99. The number of rotatable bonds is 2. The number of ketones is 1. The molecule has 0 unspecified atom stereocenters. The molecule has 0 spiro atoms. The third-order valence-electron chi connectivity index (χ3n) is 2.71. The van der Waals surface area contributed by atoms with Gasteiger partial charge in [-0.3, -0.25) is 4.79 Å². The maximum absolute atomic E-state index is 11.5. The molecule has 2 rings (SSSR count). The van der Waals surface area contributed by atoms with Crippen molar-refractivity contribution in [3.8, 4) is 5.75 Å². The molecule has 0 radical (unpaired) electrons. The van der Waals surface area contributed by atoms with Crippen molar-refractivity contribution in [2.45, 2.75) is 39.2 Å². The van der Waals surface area contributed by atoms with Crippen LogP contribution in [0.5, 0.6) is 5.75 Å². The molecule has 1 aromatic carbocycles. The lowest BCUT2D eigenvalue weighted by molar-refractivity contribution is 0.0988. The number of carbonyl (C=O) groups is 1. The second-order valence-corrected chi connectivity index (χ2v) is 4.64. The molecular weight excluding hydrogens is 188 g/mol. The molecule has 0 fully saturated rings. The van der Waals surface area contributed by atoms with E-state index in [9.17, 15) is 4.79 Å². The average Bonchev–Trinajstić information content (AvgIpc) is 2.49. The molecule has 0 saturated carbocycles. The molecule has 2 nitrogen and oxygen atoms in total. The van der Waals surface area contributed by atoms with E-state index in [0.717, 1.165) is 23.3 Å². The molecule has 0 aliphatic carbocycles. The van der Waals surface area contributed by atoms with Gasteiger partial charge in [0.05, 0.1) is 0 Å². The molecule has 15 heavy (non-hydrogen) atoms. The lowest BCUT2D eigenvalue weighted by atomic mass is 9.99. The van der Waals surface area contributed by atoms with Crippen LogP contribution in [0.2, 0.25) is 0 Å². The number of hydrogen-bond donors (Lipinski definition) is 0. The molecule has 0 amide bonds. The zero-order valence-electron chi connectivity index (χ0n) is 9.46. The lowest BCUT2D eigenvalue weighted by Crippen LogP contribution is -2.24. The van der Waals surface area contributed by atoms with Crippen molar-refractivity contribution in [3.63, 3.8) is 0 Å². The van der Waals surface area contributed by atoms with Crippen molar-refractivity contribution >= 4 is 5.78 Å². The minimum atomic E-state index is -0.129. The number of benzene rings is 1. The predicted molar refractivity (Wildman–Crippen MR) is 59.5 cm³/mol. The number of ether oxygens (including phenoxy) is 1. The van der Waals surface area contributed by atoms with E-state index < -0.39 is 0 Å². The zero-order valence-corrected chi connectivity index (χ0v) is 9.46. The summed E-state index contributed by atoms with van der Waals surface area (Å²) in [5.41, 5.74) is 1.83. The Bertz CT molecular complexity index is 405. The van der Waals surface area contributed by atoms with Gasteiger partial charge in [-0.05, 0) is 37.6 Å². The monoisotopic (exact) mass is 204 g/mol. The first kappa shape index (κ1) is 10.2. The number of Topliss-reactive ketones (excluding diaryl/α,β-unsaturated/α-hetero) is 1. The summed E-state index contributed by atoms with van der Waals surface area (Å²) in [5, 5.41) is 0. The van der Waals surface area contributed by atoms with Crippen LogP contribution in [0.3, 0.4) is 0 Å². The Balaban J connectivity index is 2.34. The van der Waals surface area contributed by atoms with Gasteiger partial charge in [0, 0.05) is 18.4 Å². The Labute approximate surface area is 90.3 Å². The van der Waals surface area contributed by atoms with Crippen LogP contribution in [0.25, 0.3) is 0 Å². The van der Waals surface area contributed by atoms with Gasteiger partial charge >= 0.3 is 0 Å². The van der Waals surface area contributed by atoms with Crippen LogP contribution in [0.1, 0.15) is 43.1 Å². The van der Waals surface area contributed by atoms with Crippen molar-refractivity contribution < 1.29 is 9.53 Å². The van der Waals surface area contributed by atoms with Gasteiger partial charge in [0.25, 0.3) is 0 Å².